The molecule has 140 valence electrons. The molecular formula is C19H19N3O5. The van der Waals surface area contributed by atoms with Crippen LogP contribution in [0.25, 0.3) is 0 Å². The summed E-state index contributed by atoms with van der Waals surface area (Å²) in [5.41, 5.74) is 0.287. The molecule has 0 saturated carbocycles. The first-order chi connectivity index (χ1) is 12.8. The average molecular weight is 369 g/mol. The summed E-state index contributed by atoms with van der Waals surface area (Å²) in [5.74, 6) is -1.94. The van der Waals surface area contributed by atoms with Crippen molar-refractivity contribution in [1.29, 1.82) is 0 Å². The number of amides is 2. The summed E-state index contributed by atoms with van der Waals surface area (Å²) in [4.78, 5) is 39.4. The number of carbonyl (C=O) groups excluding carboxylic acids is 2. The highest BCUT2D eigenvalue weighted by Gasteiger charge is 2.35. The number of pyridine rings is 1. The van der Waals surface area contributed by atoms with E-state index in [1.807, 2.05) is 0 Å². The Morgan fingerprint density at radius 2 is 1.96 bits per heavy atom. The van der Waals surface area contributed by atoms with Gasteiger partial charge in [0.05, 0.1) is 17.6 Å². The van der Waals surface area contributed by atoms with E-state index in [-0.39, 0.29) is 17.2 Å². The van der Waals surface area contributed by atoms with Crippen molar-refractivity contribution >= 4 is 23.5 Å². The Kier molecular flexibility index (Phi) is 4.91. The number of aromatic carboxylic acids is 1. The maximum absolute atomic E-state index is 12.3. The topological polar surface area (TPSA) is 118 Å². The standard InChI is InChI=1S/C19H19N3O5/c1-19(2)10-27-16(22-18(19)26)11-5-7-12(8-6-11)21-15(23)14-13(17(24)25)4-3-9-20-14/h3-9,16H,10H2,1-2H3,(H,21,23)(H,22,26)(H,24,25). The van der Waals surface area contributed by atoms with Gasteiger partial charge >= 0.3 is 5.97 Å². The first-order valence-corrected chi connectivity index (χ1v) is 8.30. The highest BCUT2D eigenvalue weighted by molar-refractivity contribution is 6.09. The number of anilines is 1. The largest absolute Gasteiger partial charge is 0.478 e. The monoisotopic (exact) mass is 369 g/mol. The summed E-state index contributed by atoms with van der Waals surface area (Å²) < 4.78 is 5.69. The molecule has 1 atom stereocenters. The van der Waals surface area contributed by atoms with Crippen LogP contribution in [-0.2, 0) is 9.53 Å². The molecule has 2 heterocycles. The molecule has 27 heavy (non-hydrogen) atoms. The zero-order valence-corrected chi connectivity index (χ0v) is 14.9. The van der Waals surface area contributed by atoms with Crippen molar-refractivity contribution < 1.29 is 24.2 Å². The molecule has 3 N–H and O–H groups in total. The van der Waals surface area contributed by atoms with Crippen molar-refractivity contribution in [2.45, 2.75) is 20.1 Å². The molecular weight excluding hydrogens is 350 g/mol. The van der Waals surface area contributed by atoms with Crippen LogP contribution in [0.1, 0.15) is 46.5 Å². The minimum absolute atomic E-state index is 0.0903. The van der Waals surface area contributed by atoms with Gasteiger partial charge in [-0.3, -0.25) is 14.6 Å². The molecule has 1 aliphatic rings. The molecule has 0 spiro atoms. The van der Waals surface area contributed by atoms with Gasteiger partial charge < -0.3 is 20.5 Å². The predicted octanol–water partition coefficient (Wildman–Crippen LogP) is 2.20. The molecule has 2 amide bonds. The number of carboxylic acids is 1. The second-order valence-corrected chi connectivity index (χ2v) is 6.83. The second-order valence-electron chi connectivity index (χ2n) is 6.83. The molecule has 3 rings (SSSR count). The molecule has 1 aliphatic heterocycles. The maximum atomic E-state index is 12.3. The molecule has 1 aromatic heterocycles. The fourth-order valence-corrected chi connectivity index (χ4v) is 2.58. The highest BCUT2D eigenvalue weighted by Crippen LogP contribution is 2.28. The molecule has 1 fully saturated rings. The van der Waals surface area contributed by atoms with Crippen molar-refractivity contribution in [2.24, 2.45) is 5.41 Å². The van der Waals surface area contributed by atoms with Crippen molar-refractivity contribution in [3.05, 3.63) is 59.4 Å². The Hall–Kier alpha value is -3.26. The van der Waals surface area contributed by atoms with E-state index in [2.05, 4.69) is 15.6 Å². The molecule has 1 aromatic carbocycles. The van der Waals surface area contributed by atoms with Gasteiger partial charge in [-0.2, -0.15) is 0 Å². The van der Waals surface area contributed by atoms with E-state index in [1.54, 1.807) is 38.1 Å². The second kappa shape index (κ2) is 7.16. The van der Waals surface area contributed by atoms with E-state index in [1.165, 1.54) is 18.3 Å². The third-order valence-electron chi connectivity index (χ3n) is 4.21. The van der Waals surface area contributed by atoms with Crippen molar-refractivity contribution in [3.63, 3.8) is 0 Å². The summed E-state index contributed by atoms with van der Waals surface area (Å²) in [6.07, 6.45) is 0.805. The van der Waals surface area contributed by atoms with E-state index < -0.39 is 23.5 Å². The molecule has 2 aromatic rings. The van der Waals surface area contributed by atoms with E-state index in [0.717, 1.165) is 5.56 Å². The highest BCUT2D eigenvalue weighted by atomic mass is 16.5. The summed E-state index contributed by atoms with van der Waals surface area (Å²) >= 11 is 0. The lowest BCUT2D eigenvalue weighted by molar-refractivity contribution is -0.150. The van der Waals surface area contributed by atoms with Crippen LogP contribution in [0.5, 0.6) is 0 Å². The fourth-order valence-electron chi connectivity index (χ4n) is 2.58. The van der Waals surface area contributed by atoms with Crippen LogP contribution in [-0.4, -0.2) is 34.5 Å². The minimum Gasteiger partial charge on any atom is -0.478 e. The van der Waals surface area contributed by atoms with Gasteiger partial charge in [-0.25, -0.2) is 4.79 Å². The van der Waals surface area contributed by atoms with Gasteiger partial charge in [0, 0.05) is 17.4 Å². The zero-order valence-electron chi connectivity index (χ0n) is 14.9. The molecule has 1 unspecified atom stereocenters. The van der Waals surface area contributed by atoms with Gasteiger partial charge in [0.25, 0.3) is 5.91 Å². The Morgan fingerprint density at radius 3 is 2.59 bits per heavy atom. The Morgan fingerprint density at radius 1 is 1.26 bits per heavy atom. The first-order valence-electron chi connectivity index (χ1n) is 8.30. The van der Waals surface area contributed by atoms with Crippen LogP contribution in [0.3, 0.4) is 0 Å². The Bertz CT molecular complexity index is 892. The van der Waals surface area contributed by atoms with Gasteiger partial charge in [0.1, 0.15) is 5.69 Å². The van der Waals surface area contributed by atoms with Gasteiger partial charge in [-0.05, 0) is 38.1 Å². The van der Waals surface area contributed by atoms with Crippen molar-refractivity contribution in [3.8, 4) is 0 Å². The van der Waals surface area contributed by atoms with E-state index in [4.69, 9.17) is 9.84 Å². The van der Waals surface area contributed by atoms with Crippen LogP contribution >= 0.6 is 0 Å². The lowest BCUT2D eigenvalue weighted by atomic mass is 9.92. The van der Waals surface area contributed by atoms with E-state index in [9.17, 15) is 14.4 Å². The minimum atomic E-state index is -1.23. The van der Waals surface area contributed by atoms with Crippen LogP contribution in [0, 0.1) is 5.41 Å². The van der Waals surface area contributed by atoms with Crippen LogP contribution in [0.15, 0.2) is 42.6 Å². The third-order valence-corrected chi connectivity index (χ3v) is 4.21. The third kappa shape index (κ3) is 3.95. The van der Waals surface area contributed by atoms with Gasteiger partial charge in [-0.1, -0.05) is 12.1 Å². The fraction of sp³-hybridized carbons (Fsp3) is 0.263. The van der Waals surface area contributed by atoms with E-state index >= 15 is 0 Å². The number of nitrogens with one attached hydrogen (secondary N) is 2. The number of carboxylic acid groups (broad SMARTS) is 1. The lowest BCUT2D eigenvalue weighted by Gasteiger charge is -2.34. The lowest BCUT2D eigenvalue weighted by Crippen LogP contribution is -2.48. The number of rotatable bonds is 4. The van der Waals surface area contributed by atoms with Crippen LogP contribution in [0.2, 0.25) is 0 Å². The molecule has 8 nitrogen and oxygen atoms in total. The number of hydrogen-bond acceptors (Lipinski definition) is 5. The molecule has 0 radical (unpaired) electrons. The van der Waals surface area contributed by atoms with E-state index in [0.29, 0.717) is 12.3 Å². The predicted molar refractivity (Wildman–Crippen MR) is 96.2 cm³/mol. The average Bonchev–Trinajstić information content (AvgIpc) is 2.64. The van der Waals surface area contributed by atoms with Crippen LogP contribution < -0.4 is 10.6 Å². The molecule has 8 heteroatoms. The summed E-state index contributed by atoms with van der Waals surface area (Å²) in [7, 11) is 0. The molecule has 0 bridgehead atoms. The van der Waals surface area contributed by atoms with Gasteiger partial charge in [0.2, 0.25) is 5.91 Å². The zero-order chi connectivity index (χ0) is 19.6. The van der Waals surface area contributed by atoms with Gasteiger partial charge in [0.15, 0.2) is 6.23 Å². The molecule has 1 saturated heterocycles. The number of hydrogen-bond donors (Lipinski definition) is 3. The number of aromatic nitrogens is 1. The van der Waals surface area contributed by atoms with Crippen molar-refractivity contribution in [2.75, 3.05) is 11.9 Å². The Balaban J connectivity index is 1.71. The molecule has 0 aliphatic carbocycles. The summed E-state index contributed by atoms with van der Waals surface area (Å²) in [5, 5.41) is 14.6. The number of nitrogens with zero attached hydrogens (tertiary/aromatic N) is 1. The maximum Gasteiger partial charge on any atom is 0.338 e. The summed E-state index contributed by atoms with van der Waals surface area (Å²) in [6, 6.07) is 9.50. The number of carbonyl (C=O) groups is 3. The number of ether oxygens (including phenoxy) is 1. The summed E-state index contributed by atoms with van der Waals surface area (Å²) in [6.45, 7) is 3.92. The Labute approximate surface area is 155 Å². The van der Waals surface area contributed by atoms with Crippen molar-refractivity contribution in [1.82, 2.24) is 10.3 Å². The van der Waals surface area contributed by atoms with Crippen LogP contribution in [0.4, 0.5) is 5.69 Å². The van der Waals surface area contributed by atoms with Gasteiger partial charge in [-0.15, -0.1) is 0 Å². The quantitative estimate of drug-likeness (QED) is 0.760. The smallest absolute Gasteiger partial charge is 0.338 e. The SMILES string of the molecule is CC1(C)COC(c2ccc(NC(=O)c3ncccc3C(=O)O)cc2)NC1=O. The first kappa shape index (κ1) is 18.5. The normalized spacial score (nSPS) is 18.4. The number of benzene rings is 1.